The van der Waals surface area contributed by atoms with Gasteiger partial charge in [0.05, 0.1) is 36.8 Å². The summed E-state index contributed by atoms with van der Waals surface area (Å²) in [5, 5.41) is 7.01. The number of likely N-dealkylation sites (tertiary alicyclic amines) is 1. The van der Waals surface area contributed by atoms with Crippen LogP contribution in [0.15, 0.2) is 51.7 Å². The summed E-state index contributed by atoms with van der Waals surface area (Å²) < 4.78 is 53.4. The minimum absolute atomic E-state index is 0.00695. The van der Waals surface area contributed by atoms with Crippen LogP contribution in [0.2, 0.25) is 0 Å². The fourth-order valence-corrected chi connectivity index (χ4v) is 5.08. The standard InChI is InChI=1S/C25H24F3N5O3/c26-17-5-6-20-21(11-17)32(25(34)33(20)18-7-9-31(10-8-18)19-13-35-14-19)12-15-1-3-16(4-2-15)23-29-30-24(36-23)22(27)28/h1-6,11,18-19,22H,7-10,12-14H2. The maximum absolute atomic E-state index is 14.2. The van der Waals surface area contributed by atoms with Gasteiger partial charge < -0.3 is 9.15 Å². The molecular formula is C25H24F3N5O3. The number of ether oxygens (including phenoxy) is 1. The van der Waals surface area contributed by atoms with Gasteiger partial charge in [0.25, 0.3) is 5.89 Å². The third-order valence-corrected chi connectivity index (χ3v) is 7.09. The number of hydrogen-bond donors (Lipinski definition) is 0. The lowest BCUT2D eigenvalue weighted by molar-refractivity contribution is -0.0731. The Kier molecular flexibility index (Phi) is 5.88. The highest BCUT2D eigenvalue weighted by Crippen LogP contribution is 2.29. The van der Waals surface area contributed by atoms with Crippen molar-refractivity contribution in [3.05, 3.63) is 70.2 Å². The number of hydrogen-bond acceptors (Lipinski definition) is 6. The van der Waals surface area contributed by atoms with E-state index in [2.05, 4.69) is 15.1 Å². The topological polar surface area (TPSA) is 78.3 Å². The van der Waals surface area contributed by atoms with E-state index in [4.69, 9.17) is 9.15 Å². The van der Waals surface area contributed by atoms with Gasteiger partial charge in [-0.1, -0.05) is 12.1 Å². The molecule has 0 bridgehead atoms. The van der Waals surface area contributed by atoms with Gasteiger partial charge in [-0.2, -0.15) is 8.78 Å². The first-order valence-corrected chi connectivity index (χ1v) is 11.9. The van der Waals surface area contributed by atoms with Crippen LogP contribution in [0.4, 0.5) is 13.2 Å². The summed E-state index contributed by atoms with van der Waals surface area (Å²) in [4.78, 5) is 16.0. The van der Waals surface area contributed by atoms with Gasteiger partial charge in [0.1, 0.15) is 5.82 Å². The van der Waals surface area contributed by atoms with E-state index in [1.807, 2.05) is 4.57 Å². The Morgan fingerprint density at radius 2 is 1.72 bits per heavy atom. The largest absolute Gasteiger partial charge is 0.415 e. The van der Waals surface area contributed by atoms with E-state index in [9.17, 15) is 18.0 Å². The molecule has 4 aromatic rings. The molecule has 2 saturated heterocycles. The molecule has 2 aliphatic heterocycles. The number of aromatic nitrogens is 4. The molecule has 0 saturated carbocycles. The predicted octanol–water partition coefficient (Wildman–Crippen LogP) is 4.01. The molecule has 6 rings (SSSR count). The Labute approximate surface area is 203 Å². The lowest BCUT2D eigenvalue weighted by Crippen LogP contribution is -2.52. The van der Waals surface area contributed by atoms with Crippen LogP contribution in [0.1, 0.15) is 36.8 Å². The van der Waals surface area contributed by atoms with Crippen molar-refractivity contribution in [2.24, 2.45) is 0 Å². The van der Waals surface area contributed by atoms with Crippen molar-refractivity contribution in [3.63, 3.8) is 0 Å². The normalized spacial score (nSPS) is 17.8. The molecule has 36 heavy (non-hydrogen) atoms. The fourth-order valence-electron chi connectivity index (χ4n) is 5.08. The van der Waals surface area contributed by atoms with Gasteiger partial charge in [-0.3, -0.25) is 14.0 Å². The molecule has 0 unspecified atom stereocenters. The van der Waals surface area contributed by atoms with E-state index in [1.54, 1.807) is 34.9 Å². The number of alkyl halides is 2. The van der Waals surface area contributed by atoms with E-state index in [0.717, 1.165) is 44.7 Å². The molecule has 0 atom stereocenters. The highest BCUT2D eigenvalue weighted by atomic mass is 19.3. The zero-order valence-corrected chi connectivity index (χ0v) is 19.3. The van der Waals surface area contributed by atoms with Crippen LogP contribution < -0.4 is 5.69 Å². The average Bonchev–Trinajstić information content (AvgIpc) is 3.43. The van der Waals surface area contributed by atoms with Gasteiger partial charge in [-0.25, -0.2) is 9.18 Å². The Hall–Kier alpha value is -3.44. The number of piperidine rings is 1. The lowest BCUT2D eigenvalue weighted by atomic mass is 10.0. The van der Waals surface area contributed by atoms with Crippen LogP contribution in [0.25, 0.3) is 22.5 Å². The van der Waals surface area contributed by atoms with Crippen LogP contribution in [0, 0.1) is 5.82 Å². The molecular weight excluding hydrogens is 475 g/mol. The average molecular weight is 499 g/mol. The highest BCUT2D eigenvalue weighted by Gasteiger charge is 2.31. The Morgan fingerprint density at radius 3 is 2.36 bits per heavy atom. The van der Waals surface area contributed by atoms with E-state index >= 15 is 0 Å². The number of halogens is 3. The van der Waals surface area contributed by atoms with Crippen molar-refractivity contribution in [1.29, 1.82) is 0 Å². The Balaban J connectivity index is 1.28. The zero-order valence-electron chi connectivity index (χ0n) is 19.3. The van der Waals surface area contributed by atoms with Crippen LogP contribution in [0.3, 0.4) is 0 Å². The first-order valence-electron chi connectivity index (χ1n) is 11.9. The molecule has 0 amide bonds. The van der Waals surface area contributed by atoms with Gasteiger partial charge in [-0.05, 0) is 48.7 Å². The molecule has 188 valence electrons. The second-order valence-electron chi connectivity index (χ2n) is 9.27. The van der Waals surface area contributed by atoms with Crippen LogP contribution >= 0.6 is 0 Å². The number of fused-ring (bicyclic) bond motifs is 1. The molecule has 0 N–H and O–H groups in total. The first-order chi connectivity index (χ1) is 17.5. The molecule has 2 aliphatic rings. The summed E-state index contributed by atoms with van der Waals surface area (Å²) >= 11 is 0. The van der Waals surface area contributed by atoms with Crippen LogP contribution in [0.5, 0.6) is 0 Å². The SMILES string of the molecule is O=c1n(Cc2ccc(-c3nnc(C(F)F)o3)cc2)c2cc(F)ccc2n1C1CCN(C2COC2)CC1. The minimum Gasteiger partial charge on any atom is -0.415 e. The third-order valence-electron chi connectivity index (χ3n) is 7.09. The van der Waals surface area contributed by atoms with Crippen molar-refractivity contribution < 1.29 is 22.3 Å². The number of benzene rings is 2. The molecule has 0 radical (unpaired) electrons. The summed E-state index contributed by atoms with van der Waals surface area (Å²) in [5.41, 5.74) is 2.36. The van der Waals surface area contributed by atoms with Crippen molar-refractivity contribution in [1.82, 2.24) is 24.2 Å². The Morgan fingerprint density at radius 1 is 0.972 bits per heavy atom. The Bertz CT molecular complexity index is 1430. The molecule has 11 heteroatoms. The van der Waals surface area contributed by atoms with Gasteiger partial charge in [0, 0.05) is 24.7 Å². The van der Waals surface area contributed by atoms with Crippen molar-refractivity contribution in [3.8, 4) is 11.5 Å². The van der Waals surface area contributed by atoms with Crippen molar-refractivity contribution in [2.75, 3.05) is 26.3 Å². The first kappa shape index (κ1) is 23.0. The number of nitrogens with zero attached hydrogens (tertiary/aromatic N) is 5. The maximum Gasteiger partial charge on any atom is 0.329 e. The van der Waals surface area contributed by atoms with E-state index in [-0.39, 0.29) is 24.2 Å². The zero-order chi connectivity index (χ0) is 24.8. The van der Waals surface area contributed by atoms with Gasteiger partial charge in [-0.15, -0.1) is 10.2 Å². The molecule has 2 aromatic heterocycles. The molecule has 8 nitrogen and oxygen atoms in total. The summed E-state index contributed by atoms with van der Waals surface area (Å²) in [5.74, 6) is -1.15. The monoisotopic (exact) mass is 499 g/mol. The highest BCUT2D eigenvalue weighted by molar-refractivity contribution is 5.76. The quantitative estimate of drug-likeness (QED) is 0.399. The van der Waals surface area contributed by atoms with E-state index in [1.165, 1.54) is 12.1 Å². The van der Waals surface area contributed by atoms with Crippen molar-refractivity contribution in [2.45, 2.75) is 37.9 Å². The van der Waals surface area contributed by atoms with Gasteiger partial charge in [0.2, 0.25) is 5.89 Å². The third kappa shape index (κ3) is 4.11. The second kappa shape index (κ2) is 9.21. The maximum atomic E-state index is 14.2. The summed E-state index contributed by atoms with van der Waals surface area (Å²) in [7, 11) is 0. The van der Waals surface area contributed by atoms with E-state index in [0.29, 0.717) is 22.6 Å². The molecule has 2 fully saturated rings. The van der Waals surface area contributed by atoms with Gasteiger partial charge in [0.15, 0.2) is 0 Å². The van der Waals surface area contributed by atoms with E-state index < -0.39 is 18.1 Å². The van der Waals surface area contributed by atoms with Crippen molar-refractivity contribution >= 4 is 11.0 Å². The minimum atomic E-state index is -2.84. The predicted molar refractivity (Wildman–Crippen MR) is 124 cm³/mol. The molecule has 0 spiro atoms. The van der Waals surface area contributed by atoms with Crippen LogP contribution in [-0.4, -0.2) is 56.6 Å². The smallest absolute Gasteiger partial charge is 0.329 e. The second-order valence-corrected chi connectivity index (χ2v) is 9.27. The molecule has 2 aromatic carbocycles. The summed E-state index contributed by atoms with van der Waals surface area (Å²) in [6.07, 6.45) is -1.16. The summed E-state index contributed by atoms with van der Waals surface area (Å²) in [6, 6.07) is 11.8. The molecule has 4 heterocycles. The van der Waals surface area contributed by atoms with Gasteiger partial charge >= 0.3 is 12.1 Å². The lowest BCUT2D eigenvalue weighted by Gasteiger charge is -2.41. The summed E-state index contributed by atoms with van der Waals surface area (Å²) in [6.45, 7) is 3.55. The van der Waals surface area contributed by atoms with Crippen LogP contribution in [-0.2, 0) is 11.3 Å². The number of rotatable bonds is 6. The number of imidazole rings is 1. The fraction of sp³-hybridized carbons (Fsp3) is 0.400. The molecule has 0 aliphatic carbocycles.